The lowest BCUT2D eigenvalue weighted by molar-refractivity contribution is -0.115. The van der Waals surface area contributed by atoms with Crippen molar-refractivity contribution in [2.45, 2.75) is 13.3 Å². The molecule has 0 aliphatic heterocycles. The third-order valence-electron chi connectivity index (χ3n) is 3.56. The first-order valence-electron chi connectivity index (χ1n) is 7.48. The van der Waals surface area contributed by atoms with Gasteiger partial charge in [0.2, 0.25) is 11.8 Å². The summed E-state index contributed by atoms with van der Waals surface area (Å²) in [5.74, 6) is -0.142. The van der Waals surface area contributed by atoms with Crippen LogP contribution in [-0.2, 0) is 9.53 Å². The summed E-state index contributed by atoms with van der Waals surface area (Å²) in [4.78, 5) is 28.7. The fourth-order valence-electron chi connectivity index (χ4n) is 2.44. The monoisotopic (exact) mass is 378 g/mol. The highest BCUT2D eigenvalue weighted by molar-refractivity contribution is 7.21. The van der Waals surface area contributed by atoms with Crippen molar-refractivity contribution in [1.29, 1.82) is 0 Å². The average Bonchev–Trinajstić information content (AvgIpc) is 3.14. The number of furan rings is 1. The lowest BCUT2D eigenvalue weighted by Crippen LogP contribution is -2.12. The summed E-state index contributed by atoms with van der Waals surface area (Å²) in [5.41, 5.74) is 1.48. The van der Waals surface area contributed by atoms with Gasteiger partial charge in [0.05, 0.1) is 22.9 Å². The Labute approximate surface area is 152 Å². The highest BCUT2D eigenvalue weighted by atomic mass is 35.5. The smallest absolute Gasteiger partial charge is 0.342 e. The first-order chi connectivity index (χ1) is 12.0. The normalized spacial score (nSPS) is 10.8. The molecule has 0 atom stereocenters. The van der Waals surface area contributed by atoms with E-state index >= 15 is 0 Å². The van der Waals surface area contributed by atoms with Crippen LogP contribution in [0.1, 0.15) is 22.5 Å². The Kier molecular flexibility index (Phi) is 5.06. The van der Waals surface area contributed by atoms with Crippen molar-refractivity contribution in [2.75, 3.05) is 18.3 Å². The second-order valence-corrected chi connectivity index (χ2v) is 6.61. The lowest BCUT2D eigenvalue weighted by atomic mass is 10.1. The number of aromatic nitrogens is 1. The number of para-hydroxylation sites is 1. The van der Waals surface area contributed by atoms with Gasteiger partial charge in [0.25, 0.3) is 0 Å². The largest absolute Gasteiger partial charge is 0.465 e. The Balaban J connectivity index is 2.16. The number of amides is 1. The zero-order valence-corrected chi connectivity index (χ0v) is 15.2. The van der Waals surface area contributed by atoms with Gasteiger partial charge in [-0.15, -0.1) is 22.9 Å². The van der Waals surface area contributed by atoms with Gasteiger partial charge in [-0.3, -0.25) is 10.1 Å². The number of benzene rings is 1. The number of hydrogen-bond donors (Lipinski definition) is 1. The summed E-state index contributed by atoms with van der Waals surface area (Å²) in [5, 5.41) is 3.23. The summed E-state index contributed by atoms with van der Waals surface area (Å²) in [6.45, 7) is 1.64. The Morgan fingerprint density at radius 2 is 2.12 bits per heavy atom. The van der Waals surface area contributed by atoms with Crippen LogP contribution in [-0.4, -0.2) is 29.9 Å². The van der Waals surface area contributed by atoms with E-state index in [0.717, 1.165) is 10.2 Å². The maximum absolute atomic E-state index is 12.2. The number of rotatable bonds is 5. The van der Waals surface area contributed by atoms with E-state index < -0.39 is 5.97 Å². The van der Waals surface area contributed by atoms with Crippen molar-refractivity contribution in [3.8, 4) is 10.6 Å². The molecule has 2 aromatic heterocycles. The third kappa shape index (κ3) is 3.38. The van der Waals surface area contributed by atoms with Crippen LogP contribution >= 0.6 is 22.9 Å². The van der Waals surface area contributed by atoms with Crippen LogP contribution in [0.25, 0.3) is 20.8 Å². The number of fused-ring (bicyclic) bond motifs is 1. The summed E-state index contributed by atoms with van der Waals surface area (Å²) in [6, 6.07) is 7.62. The average molecular weight is 379 g/mol. The molecular weight excluding hydrogens is 364 g/mol. The van der Waals surface area contributed by atoms with Crippen molar-refractivity contribution >= 4 is 50.9 Å². The molecule has 25 heavy (non-hydrogen) atoms. The number of nitrogens with zero attached hydrogens (tertiary/aromatic N) is 1. The molecular formula is C17H15ClN2O4S. The van der Waals surface area contributed by atoms with E-state index in [9.17, 15) is 9.59 Å². The molecule has 8 heteroatoms. The van der Waals surface area contributed by atoms with E-state index in [1.54, 1.807) is 6.92 Å². The predicted molar refractivity (Wildman–Crippen MR) is 97.4 cm³/mol. The molecule has 0 bridgehead atoms. The van der Waals surface area contributed by atoms with Crippen LogP contribution in [0.2, 0.25) is 0 Å². The number of thiazole rings is 1. The van der Waals surface area contributed by atoms with Crippen LogP contribution in [0.3, 0.4) is 0 Å². The zero-order valence-electron chi connectivity index (χ0n) is 13.6. The van der Waals surface area contributed by atoms with E-state index in [1.165, 1.54) is 18.4 Å². The van der Waals surface area contributed by atoms with Crippen molar-refractivity contribution < 1.29 is 18.7 Å². The molecule has 1 N–H and O–H groups in total. The minimum Gasteiger partial charge on any atom is -0.465 e. The topological polar surface area (TPSA) is 81.4 Å². The van der Waals surface area contributed by atoms with Crippen molar-refractivity contribution in [3.05, 3.63) is 35.6 Å². The number of halogens is 1. The number of esters is 1. The van der Waals surface area contributed by atoms with E-state index in [2.05, 4.69) is 10.3 Å². The van der Waals surface area contributed by atoms with E-state index in [0.29, 0.717) is 16.3 Å². The number of ether oxygens (including phenoxy) is 1. The minimum absolute atomic E-state index is 0.133. The standard InChI is InChI=1S/C17H15ClN2O4S/c1-9-13(17(22)23-2)14(15(24-9)20-12(21)7-8-18)16-19-10-5-3-4-6-11(10)25-16/h3-6H,7-8H2,1-2H3,(H,20,21). The first kappa shape index (κ1) is 17.4. The highest BCUT2D eigenvalue weighted by Gasteiger charge is 2.28. The van der Waals surface area contributed by atoms with E-state index in [-0.39, 0.29) is 29.7 Å². The van der Waals surface area contributed by atoms with Gasteiger partial charge in [-0.2, -0.15) is 0 Å². The molecule has 0 fully saturated rings. The first-order valence-corrected chi connectivity index (χ1v) is 8.83. The Morgan fingerprint density at radius 3 is 2.80 bits per heavy atom. The summed E-state index contributed by atoms with van der Waals surface area (Å²) >= 11 is 7.01. The molecule has 2 heterocycles. The molecule has 3 rings (SSSR count). The third-order valence-corrected chi connectivity index (χ3v) is 4.80. The van der Waals surface area contributed by atoms with Gasteiger partial charge in [-0.05, 0) is 19.1 Å². The van der Waals surface area contributed by atoms with Crippen molar-refractivity contribution in [3.63, 3.8) is 0 Å². The summed E-state index contributed by atoms with van der Waals surface area (Å²) in [7, 11) is 1.29. The van der Waals surface area contributed by atoms with Crippen molar-refractivity contribution in [1.82, 2.24) is 4.98 Å². The Bertz CT molecular complexity index is 914. The number of hydrogen-bond acceptors (Lipinski definition) is 6. The van der Waals surface area contributed by atoms with Crippen molar-refractivity contribution in [2.24, 2.45) is 0 Å². The van der Waals surface area contributed by atoms with Crippen LogP contribution in [0.4, 0.5) is 5.88 Å². The summed E-state index contributed by atoms with van der Waals surface area (Å²) < 4.78 is 11.5. The highest BCUT2D eigenvalue weighted by Crippen LogP contribution is 2.40. The molecule has 0 unspecified atom stereocenters. The Morgan fingerprint density at radius 1 is 1.36 bits per heavy atom. The number of anilines is 1. The number of methoxy groups -OCH3 is 1. The van der Waals surface area contributed by atoms with Gasteiger partial charge < -0.3 is 9.15 Å². The number of nitrogens with one attached hydrogen (secondary N) is 1. The SMILES string of the molecule is COC(=O)c1c(C)oc(NC(=O)CCCl)c1-c1nc2ccccc2s1. The molecule has 0 spiro atoms. The van der Waals surface area contributed by atoms with Crippen LogP contribution < -0.4 is 5.32 Å². The van der Waals surface area contributed by atoms with Gasteiger partial charge in [-0.1, -0.05) is 12.1 Å². The lowest BCUT2D eigenvalue weighted by Gasteiger charge is -2.03. The van der Waals surface area contributed by atoms with Gasteiger partial charge in [-0.25, -0.2) is 9.78 Å². The minimum atomic E-state index is -0.548. The zero-order chi connectivity index (χ0) is 18.0. The maximum Gasteiger partial charge on any atom is 0.342 e. The van der Waals surface area contributed by atoms with E-state index in [4.69, 9.17) is 20.8 Å². The number of carbonyl (C=O) groups is 2. The number of alkyl halides is 1. The molecule has 3 aromatic rings. The van der Waals surface area contributed by atoms with Gasteiger partial charge >= 0.3 is 5.97 Å². The van der Waals surface area contributed by atoms with Gasteiger partial charge in [0, 0.05) is 12.3 Å². The summed E-state index contributed by atoms with van der Waals surface area (Å²) in [6.07, 6.45) is 0.133. The fourth-order valence-corrected chi connectivity index (χ4v) is 3.62. The molecule has 0 saturated heterocycles. The van der Waals surface area contributed by atoms with Gasteiger partial charge in [0.1, 0.15) is 16.3 Å². The molecule has 6 nitrogen and oxygen atoms in total. The van der Waals surface area contributed by atoms with Crippen LogP contribution in [0.15, 0.2) is 28.7 Å². The second-order valence-electron chi connectivity index (χ2n) is 5.20. The molecule has 0 aliphatic rings. The molecule has 0 aliphatic carbocycles. The second kappa shape index (κ2) is 7.25. The molecule has 1 aromatic carbocycles. The van der Waals surface area contributed by atoms with Crippen LogP contribution in [0.5, 0.6) is 0 Å². The molecule has 0 radical (unpaired) electrons. The molecule has 130 valence electrons. The van der Waals surface area contributed by atoms with Gasteiger partial charge in [0.15, 0.2) is 0 Å². The fraction of sp³-hybridized carbons (Fsp3) is 0.235. The maximum atomic E-state index is 12.2. The quantitative estimate of drug-likeness (QED) is 0.531. The molecule has 0 saturated carbocycles. The predicted octanol–water partition coefficient (Wildman–Crippen LogP) is 4.22. The number of aryl methyl sites for hydroxylation is 1. The van der Waals surface area contributed by atoms with Crippen LogP contribution in [0, 0.1) is 6.92 Å². The molecule has 1 amide bonds. The Hall–Kier alpha value is -2.38. The van der Waals surface area contributed by atoms with E-state index in [1.807, 2.05) is 24.3 Å². The number of carbonyl (C=O) groups excluding carboxylic acids is 2.